The average Bonchev–Trinajstić information content (AvgIpc) is 2.68. The molecule has 0 aromatic heterocycles. The highest BCUT2D eigenvalue weighted by molar-refractivity contribution is 5.64. The maximum absolute atomic E-state index is 14.8. The van der Waals surface area contributed by atoms with Crippen LogP contribution in [0.25, 0.3) is 11.1 Å². The molecule has 0 atom stereocenters. The molecule has 6 heteroatoms. The van der Waals surface area contributed by atoms with Gasteiger partial charge in [-0.2, -0.15) is 13.2 Å². The van der Waals surface area contributed by atoms with Gasteiger partial charge in [-0.3, -0.25) is 0 Å². The van der Waals surface area contributed by atoms with Gasteiger partial charge in [-0.05, 0) is 60.4 Å². The number of alkyl halides is 5. The number of hydrogen-bond donors (Lipinski definition) is 0. The highest BCUT2D eigenvalue weighted by Crippen LogP contribution is 2.42. The normalized spacial score (nSPS) is 20.4. The van der Waals surface area contributed by atoms with Gasteiger partial charge < -0.3 is 0 Å². The van der Waals surface area contributed by atoms with Crippen LogP contribution in [0.4, 0.5) is 26.3 Å². The van der Waals surface area contributed by atoms with Crippen molar-refractivity contribution in [3.05, 3.63) is 59.4 Å². The van der Waals surface area contributed by atoms with Gasteiger partial charge in [-0.15, -0.1) is 0 Å². The molecule has 0 heterocycles. The van der Waals surface area contributed by atoms with Gasteiger partial charge in [-0.25, -0.2) is 13.2 Å². The largest absolute Gasteiger partial charge is 0.419 e. The Bertz CT molecular complexity index is 830. The minimum absolute atomic E-state index is 0.271. The summed E-state index contributed by atoms with van der Waals surface area (Å²) in [6.07, 6.45) is -0.142. The van der Waals surface area contributed by atoms with Crippen LogP contribution in [0.1, 0.15) is 56.6 Å². The fraction of sp³-hybridized carbons (Fsp3) is 0.500. The first-order valence-corrected chi connectivity index (χ1v) is 10.4. The summed E-state index contributed by atoms with van der Waals surface area (Å²) in [6.45, 7) is 2.11. The van der Waals surface area contributed by atoms with E-state index in [9.17, 15) is 26.3 Å². The summed E-state index contributed by atoms with van der Waals surface area (Å²) in [5.74, 6) is -4.20. The number of rotatable bonds is 6. The standard InChI is InChI=1S/C24H26F6/c1-2-3-16-6-11-20(12-7-16)23(26,27)15-17-4-8-18(9-5-17)19-10-13-21(22(25)14-19)24(28,29)30/h4-5,8-10,13-14,16,20H,2-3,6-7,11-12,15H2,1H3. The van der Waals surface area contributed by atoms with E-state index < -0.39 is 29.4 Å². The Labute approximate surface area is 173 Å². The lowest BCUT2D eigenvalue weighted by atomic mass is 9.76. The molecule has 164 valence electrons. The van der Waals surface area contributed by atoms with Crippen LogP contribution in [-0.4, -0.2) is 5.92 Å². The summed E-state index contributed by atoms with van der Waals surface area (Å²) >= 11 is 0. The summed E-state index contributed by atoms with van der Waals surface area (Å²) in [7, 11) is 0. The Balaban J connectivity index is 1.66. The third-order valence-corrected chi connectivity index (χ3v) is 6.14. The maximum Gasteiger partial charge on any atom is 0.419 e. The SMILES string of the molecule is CCCC1CCC(C(F)(F)Cc2ccc(-c3ccc(C(F)(F)F)c(F)c3)cc2)CC1. The third kappa shape index (κ3) is 5.38. The zero-order valence-electron chi connectivity index (χ0n) is 16.9. The molecule has 2 aromatic rings. The highest BCUT2D eigenvalue weighted by Gasteiger charge is 2.41. The Kier molecular flexibility index (Phi) is 6.83. The van der Waals surface area contributed by atoms with Crippen molar-refractivity contribution >= 4 is 0 Å². The van der Waals surface area contributed by atoms with Crippen molar-refractivity contribution in [2.75, 3.05) is 0 Å². The first-order valence-electron chi connectivity index (χ1n) is 10.4. The molecule has 0 saturated heterocycles. The van der Waals surface area contributed by atoms with Gasteiger partial charge in [0.1, 0.15) is 5.82 Å². The van der Waals surface area contributed by atoms with Crippen LogP contribution >= 0.6 is 0 Å². The molecule has 0 bridgehead atoms. The lowest BCUT2D eigenvalue weighted by Crippen LogP contribution is -2.34. The van der Waals surface area contributed by atoms with E-state index in [1.165, 1.54) is 6.07 Å². The Morgan fingerprint density at radius 3 is 1.97 bits per heavy atom. The Morgan fingerprint density at radius 2 is 1.43 bits per heavy atom. The van der Waals surface area contributed by atoms with Crippen LogP contribution in [0.15, 0.2) is 42.5 Å². The predicted molar refractivity (Wildman–Crippen MR) is 106 cm³/mol. The van der Waals surface area contributed by atoms with Gasteiger partial charge in [0.05, 0.1) is 5.56 Å². The van der Waals surface area contributed by atoms with Crippen LogP contribution in [0, 0.1) is 17.7 Å². The maximum atomic E-state index is 14.8. The first kappa shape index (κ1) is 22.7. The smallest absolute Gasteiger partial charge is 0.206 e. The molecule has 2 aromatic carbocycles. The average molecular weight is 428 g/mol. The molecule has 3 rings (SSSR count). The second-order valence-electron chi connectivity index (χ2n) is 8.33. The van der Waals surface area contributed by atoms with E-state index in [0.29, 0.717) is 36.0 Å². The zero-order chi connectivity index (χ0) is 21.9. The minimum atomic E-state index is -4.76. The van der Waals surface area contributed by atoms with Crippen molar-refractivity contribution in [3.8, 4) is 11.1 Å². The fourth-order valence-corrected chi connectivity index (χ4v) is 4.44. The molecule has 0 aliphatic heterocycles. The van der Waals surface area contributed by atoms with Gasteiger partial charge in [0.2, 0.25) is 0 Å². The molecule has 1 fully saturated rings. The first-order chi connectivity index (χ1) is 14.1. The Hall–Kier alpha value is -1.98. The van der Waals surface area contributed by atoms with E-state index in [-0.39, 0.29) is 12.0 Å². The van der Waals surface area contributed by atoms with Gasteiger partial charge in [0.25, 0.3) is 5.92 Å². The molecule has 0 spiro atoms. The number of benzene rings is 2. The van der Waals surface area contributed by atoms with Crippen LogP contribution in [-0.2, 0) is 12.6 Å². The van der Waals surface area contributed by atoms with E-state index in [1.807, 2.05) is 0 Å². The highest BCUT2D eigenvalue weighted by atomic mass is 19.4. The topological polar surface area (TPSA) is 0 Å². The van der Waals surface area contributed by atoms with Crippen molar-refractivity contribution in [2.45, 2.75) is 64.0 Å². The van der Waals surface area contributed by atoms with E-state index in [0.717, 1.165) is 31.7 Å². The van der Waals surface area contributed by atoms with Gasteiger partial charge in [0, 0.05) is 12.3 Å². The molecule has 1 saturated carbocycles. The van der Waals surface area contributed by atoms with E-state index >= 15 is 0 Å². The monoisotopic (exact) mass is 428 g/mol. The van der Waals surface area contributed by atoms with Crippen LogP contribution in [0.3, 0.4) is 0 Å². The van der Waals surface area contributed by atoms with Crippen molar-refractivity contribution in [3.63, 3.8) is 0 Å². The molecule has 0 nitrogen and oxygen atoms in total. The summed E-state index contributed by atoms with van der Waals surface area (Å²) in [6, 6.07) is 8.88. The van der Waals surface area contributed by atoms with Crippen molar-refractivity contribution < 1.29 is 26.3 Å². The summed E-state index contributed by atoms with van der Waals surface area (Å²) in [4.78, 5) is 0. The summed E-state index contributed by atoms with van der Waals surface area (Å²) < 4.78 is 81.5. The minimum Gasteiger partial charge on any atom is -0.206 e. The van der Waals surface area contributed by atoms with Gasteiger partial charge >= 0.3 is 6.18 Å². The lowest BCUT2D eigenvalue weighted by Gasteiger charge is -2.33. The zero-order valence-corrected chi connectivity index (χ0v) is 16.9. The van der Waals surface area contributed by atoms with Gasteiger partial charge in [0.15, 0.2) is 0 Å². The van der Waals surface area contributed by atoms with Crippen LogP contribution in [0.5, 0.6) is 0 Å². The predicted octanol–water partition coefficient (Wildman–Crippen LogP) is 8.30. The molecule has 0 N–H and O–H groups in total. The molecule has 1 aliphatic carbocycles. The lowest BCUT2D eigenvalue weighted by molar-refractivity contribution is -0.139. The van der Waals surface area contributed by atoms with Crippen molar-refractivity contribution in [1.82, 2.24) is 0 Å². The molecule has 0 radical (unpaired) electrons. The second kappa shape index (κ2) is 9.03. The molecule has 30 heavy (non-hydrogen) atoms. The van der Waals surface area contributed by atoms with Crippen molar-refractivity contribution in [1.29, 1.82) is 0 Å². The fourth-order valence-electron chi connectivity index (χ4n) is 4.44. The third-order valence-electron chi connectivity index (χ3n) is 6.14. The molecular weight excluding hydrogens is 402 g/mol. The summed E-state index contributed by atoms with van der Waals surface area (Å²) in [5.41, 5.74) is -0.106. The van der Waals surface area contributed by atoms with E-state index in [1.54, 1.807) is 24.3 Å². The van der Waals surface area contributed by atoms with Crippen LogP contribution < -0.4 is 0 Å². The van der Waals surface area contributed by atoms with Crippen LogP contribution in [0.2, 0.25) is 0 Å². The molecular formula is C24H26F6. The number of hydrogen-bond acceptors (Lipinski definition) is 0. The Morgan fingerprint density at radius 1 is 0.833 bits per heavy atom. The molecule has 0 amide bonds. The molecule has 0 unspecified atom stereocenters. The second-order valence-corrected chi connectivity index (χ2v) is 8.33. The number of halogens is 6. The van der Waals surface area contributed by atoms with E-state index in [2.05, 4.69) is 6.92 Å². The van der Waals surface area contributed by atoms with Crippen molar-refractivity contribution in [2.24, 2.45) is 11.8 Å². The summed E-state index contributed by atoms with van der Waals surface area (Å²) in [5, 5.41) is 0. The quantitative estimate of drug-likeness (QED) is 0.406. The van der Waals surface area contributed by atoms with E-state index in [4.69, 9.17) is 0 Å². The molecule has 1 aliphatic rings. The van der Waals surface area contributed by atoms with Gasteiger partial charge in [-0.1, -0.05) is 50.1 Å².